The van der Waals surface area contributed by atoms with Crippen LogP contribution in [0, 0.1) is 0 Å². The van der Waals surface area contributed by atoms with Crippen LogP contribution >= 0.6 is 0 Å². The fourth-order valence-electron chi connectivity index (χ4n) is 2.42. The van der Waals surface area contributed by atoms with Gasteiger partial charge in [0.2, 0.25) is 0 Å². The Kier molecular flexibility index (Phi) is 3.94. The van der Waals surface area contributed by atoms with E-state index in [1.54, 1.807) is 0 Å². The van der Waals surface area contributed by atoms with Gasteiger partial charge in [0.15, 0.2) is 6.29 Å². The molecule has 5 heteroatoms. The largest absolute Gasteiger partial charge is 0.351 e. The Balaban J connectivity index is 1.72. The third-order valence-electron chi connectivity index (χ3n) is 3.68. The Morgan fingerprint density at radius 1 is 1.33 bits per heavy atom. The van der Waals surface area contributed by atoms with E-state index in [0.29, 0.717) is 31.4 Å². The molecule has 0 bridgehead atoms. The van der Waals surface area contributed by atoms with Crippen LogP contribution in [0.25, 0.3) is 10.9 Å². The number of benzene rings is 1. The minimum absolute atomic E-state index is 0.142. The maximum atomic E-state index is 12.1. The number of aromatic amines is 1. The van der Waals surface area contributed by atoms with Gasteiger partial charge in [0.1, 0.15) is 5.69 Å². The molecule has 0 aliphatic carbocycles. The summed E-state index contributed by atoms with van der Waals surface area (Å²) < 4.78 is 10.6. The lowest BCUT2D eigenvalue weighted by atomic mass is 10.0. The van der Waals surface area contributed by atoms with Gasteiger partial charge in [-0.1, -0.05) is 26.0 Å². The van der Waals surface area contributed by atoms with Crippen molar-refractivity contribution in [2.45, 2.75) is 26.1 Å². The molecular weight excluding hydrogens is 268 g/mol. The van der Waals surface area contributed by atoms with Gasteiger partial charge in [0.05, 0.1) is 19.8 Å². The van der Waals surface area contributed by atoms with Gasteiger partial charge >= 0.3 is 0 Å². The summed E-state index contributed by atoms with van der Waals surface area (Å²) in [6.45, 7) is 5.85. The zero-order valence-corrected chi connectivity index (χ0v) is 12.3. The fraction of sp³-hybridized carbons (Fsp3) is 0.438. The van der Waals surface area contributed by atoms with Crippen molar-refractivity contribution in [1.29, 1.82) is 0 Å². The zero-order valence-electron chi connectivity index (χ0n) is 12.3. The molecule has 0 unspecified atom stereocenters. The van der Waals surface area contributed by atoms with Crippen LogP contribution in [0.2, 0.25) is 0 Å². The van der Waals surface area contributed by atoms with Crippen LogP contribution in [0.5, 0.6) is 0 Å². The first-order chi connectivity index (χ1) is 10.1. The molecule has 1 aliphatic rings. The van der Waals surface area contributed by atoms with E-state index in [9.17, 15) is 4.79 Å². The van der Waals surface area contributed by atoms with Crippen LogP contribution in [0.1, 0.15) is 35.8 Å². The second-order valence-corrected chi connectivity index (χ2v) is 5.57. The van der Waals surface area contributed by atoms with Gasteiger partial charge in [-0.05, 0) is 23.6 Å². The lowest BCUT2D eigenvalue weighted by Gasteiger charge is -2.09. The predicted molar refractivity (Wildman–Crippen MR) is 80.4 cm³/mol. The molecular formula is C16H20N2O3. The number of H-pyrrole nitrogens is 1. The van der Waals surface area contributed by atoms with Crippen molar-refractivity contribution < 1.29 is 14.3 Å². The average molecular weight is 288 g/mol. The van der Waals surface area contributed by atoms with Crippen LogP contribution in [-0.4, -0.2) is 36.9 Å². The van der Waals surface area contributed by atoms with Gasteiger partial charge in [-0.3, -0.25) is 4.79 Å². The molecule has 1 amide bonds. The van der Waals surface area contributed by atoms with Crippen molar-refractivity contribution in [2.24, 2.45) is 0 Å². The van der Waals surface area contributed by atoms with Crippen molar-refractivity contribution in [2.75, 3.05) is 19.8 Å². The van der Waals surface area contributed by atoms with E-state index in [-0.39, 0.29) is 12.2 Å². The summed E-state index contributed by atoms with van der Waals surface area (Å²) in [5.41, 5.74) is 2.80. The predicted octanol–water partition coefficient (Wildman–Crippen LogP) is 2.39. The molecule has 1 aromatic heterocycles. The minimum Gasteiger partial charge on any atom is -0.351 e. The molecule has 1 aliphatic heterocycles. The summed E-state index contributed by atoms with van der Waals surface area (Å²) in [6.07, 6.45) is -0.328. The molecule has 1 aromatic carbocycles. The third kappa shape index (κ3) is 3.09. The highest BCUT2D eigenvalue weighted by Crippen LogP contribution is 2.21. The number of aromatic nitrogens is 1. The number of ether oxygens (including phenoxy) is 2. The van der Waals surface area contributed by atoms with Crippen LogP contribution in [0.3, 0.4) is 0 Å². The van der Waals surface area contributed by atoms with Crippen LogP contribution in [-0.2, 0) is 9.47 Å². The van der Waals surface area contributed by atoms with Crippen molar-refractivity contribution in [3.05, 3.63) is 35.5 Å². The number of carbonyl (C=O) groups excluding carboxylic acids is 1. The van der Waals surface area contributed by atoms with E-state index in [4.69, 9.17) is 9.47 Å². The Morgan fingerprint density at radius 3 is 2.81 bits per heavy atom. The molecule has 3 rings (SSSR count). The summed E-state index contributed by atoms with van der Waals surface area (Å²) in [6, 6.07) is 8.11. The molecule has 112 valence electrons. The molecule has 2 N–H and O–H groups in total. The van der Waals surface area contributed by atoms with E-state index < -0.39 is 0 Å². The number of carbonyl (C=O) groups is 1. The highest BCUT2D eigenvalue weighted by Gasteiger charge is 2.18. The topological polar surface area (TPSA) is 63.4 Å². The first-order valence-electron chi connectivity index (χ1n) is 7.27. The quantitative estimate of drug-likeness (QED) is 0.908. The summed E-state index contributed by atoms with van der Waals surface area (Å²) in [5, 5.41) is 3.86. The molecule has 0 atom stereocenters. The maximum absolute atomic E-state index is 12.1. The number of hydrogen-bond acceptors (Lipinski definition) is 3. The van der Waals surface area contributed by atoms with Crippen molar-refractivity contribution in [1.82, 2.24) is 10.3 Å². The molecule has 0 saturated carbocycles. The average Bonchev–Trinajstić information content (AvgIpc) is 3.12. The van der Waals surface area contributed by atoms with Crippen molar-refractivity contribution in [3.8, 4) is 0 Å². The van der Waals surface area contributed by atoms with Crippen LogP contribution < -0.4 is 5.32 Å². The summed E-state index contributed by atoms with van der Waals surface area (Å²) >= 11 is 0. The Hall–Kier alpha value is -1.85. The number of rotatable bonds is 4. The number of amides is 1. The van der Waals surface area contributed by atoms with Gasteiger partial charge in [0.25, 0.3) is 5.91 Å². The standard InChI is InChI=1S/C16H20N2O3/c1-10(2)11-3-4-12-8-14(18-13(12)7-11)16(19)17-9-15-20-5-6-21-15/h3-4,7-8,10,15,18H,5-6,9H2,1-2H3,(H,17,19). The second kappa shape index (κ2) is 5.87. The van der Waals surface area contributed by atoms with Gasteiger partial charge in [-0.25, -0.2) is 0 Å². The number of fused-ring (bicyclic) bond motifs is 1. The van der Waals surface area contributed by atoms with Gasteiger partial charge in [0, 0.05) is 10.9 Å². The molecule has 1 saturated heterocycles. The Bertz CT molecular complexity index is 642. The molecule has 0 spiro atoms. The van der Waals surface area contributed by atoms with E-state index in [1.165, 1.54) is 5.56 Å². The molecule has 2 heterocycles. The van der Waals surface area contributed by atoms with Gasteiger partial charge < -0.3 is 19.8 Å². The Labute approximate surface area is 123 Å². The smallest absolute Gasteiger partial charge is 0.267 e. The Morgan fingerprint density at radius 2 is 2.10 bits per heavy atom. The number of hydrogen-bond donors (Lipinski definition) is 2. The lowest BCUT2D eigenvalue weighted by Crippen LogP contribution is -2.32. The van der Waals surface area contributed by atoms with E-state index >= 15 is 0 Å². The summed E-state index contributed by atoms with van der Waals surface area (Å²) in [5.74, 6) is 0.322. The first-order valence-corrected chi connectivity index (χ1v) is 7.27. The lowest BCUT2D eigenvalue weighted by molar-refractivity contribution is -0.0379. The maximum Gasteiger partial charge on any atom is 0.267 e. The van der Waals surface area contributed by atoms with E-state index in [0.717, 1.165) is 10.9 Å². The molecule has 21 heavy (non-hydrogen) atoms. The highest BCUT2D eigenvalue weighted by atomic mass is 16.7. The second-order valence-electron chi connectivity index (χ2n) is 5.57. The third-order valence-corrected chi connectivity index (χ3v) is 3.68. The van der Waals surface area contributed by atoms with Crippen molar-refractivity contribution >= 4 is 16.8 Å². The van der Waals surface area contributed by atoms with Gasteiger partial charge in [-0.2, -0.15) is 0 Å². The highest BCUT2D eigenvalue weighted by molar-refractivity contribution is 5.98. The van der Waals surface area contributed by atoms with Gasteiger partial charge in [-0.15, -0.1) is 0 Å². The molecule has 1 fully saturated rings. The molecule has 2 aromatic rings. The summed E-state index contributed by atoms with van der Waals surface area (Å²) in [4.78, 5) is 15.3. The molecule has 0 radical (unpaired) electrons. The normalized spacial score (nSPS) is 16.0. The molecule has 5 nitrogen and oxygen atoms in total. The van der Waals surface area contributed by atoms with E-state index in [1.807, 2.05) is 12.1 Å². The van der Waals surface area contributed by atoms with Crippen LogP contribution in [0.4, 0.5) is 0 Å². The monoisotopic (exact) mass is 288 g/mol. The summed E-state index contributed by atoms with van der Waals surface area (Å²) in [7, 11) is 0. The first kappa shape index (κ1) is 14.1. The zero-order chi connectivity index (χ0) is 14.8. The number of nitrogens with one attached hydrogen (secondary N) is 2. The van der Waals surface area contributed by atoms with Crippen LogP contribution in [0.15, 0.2) is 24.3 Å². The SMILES string of the molecule is CC(C)c1ccc2cc(C(=O)NCC3OCCO3)[nH]c2c1. The minimum atomic E-state index is -0.328. The van der Waals surface area contributed by atoms with Crippen molar-refractivity contribution in [3.63, 3.8) is 0 Å². The van der Waals surface area contributed by atoms with E-state index in [2.05, 4.69) is 36.3 Å². The fourth-order valence-corrected chi connectivity index (χ4v) is 2.42.